The summed E-state index contributed by atoms with van der Waals surface area (Å²) < 4.78 is 0. The molecule has 0 unspecified atom stereocenters. The van der Waals surface area contributed by atoms with Crippen LogP contribution in [0.3, 0.4) is 0 Å². The number of hydrogen-bond donors (Lipinski definition) is 1. The average molecular weight is 134 g/mol. The van der Waals surface area contributed by atoms with Crippen molar-refractivity contribution in [2.24, 2.45) is 5.73 Å². The maximum Gasteiger partial charge on any atom is 0.0343 e. The first-order valence-electron chi connectivity index (χ1n) is 3.13. The van der Waals surface area contributed by atoms with E-state index in [-0.39, 0.29) is 0 Å². The Labute approximate surface area is 60.4 Å². The molecule has 0 bridgehead atoms. The van der Waals surface area contributed by atoms with Crippen LogP contribution in [0.5, 0.6) is 0 Å². The lowest BCUT2D eigenvalue weighted by Gasteiger charge is -1.98. The van der Waals surface area contributed by atoms with Gasteiger partial charge < -0.3 is 5.73 Å². The van der Waals surface area contributed by atoms with Crippen LogP contribution in [0.15, 0.2) is 31.1 Å². The number of aromatic nitrogens is 1. The number of pyridine rings is 1. The number of nitrogens with two attached hydrogens (primary N) is 1. The summed E-state index contributed by atoms with van der Waals surface area (Å²) in [6, 6.07) is 3.82. The summed E-state index contributed by atoms with van der Waals surface area (Å²) in [5.41, 5.74) is 7.32. The van der Waals surface area contributed by atoms with Crippen molar-refractivity contribution in [3.63, 3.8) is 0 Å². The SMILES string of the molecule is C=C(CN)c1cccnc1. The molecule has 0 spiro atoms. The van der Waals surface area contributed by atoms with Crippen molar-refractivity contribution in [3.8, 4) is 0 Å². The minimum atomic E-state index is 0.492. The summed E-state index contributed by atoms with van der Waals surface area (Å²) in [5, 5.41) is 0. The van der Waals surface area contributed by atoms with Crippen LogP contribution >= 0.6 is 0 Å². The third kappa shape index (κ3) is 1.42. The first-order chi connectivity index (χ1) is 4.84. The van der Waals surface area contributed by atoms with Gasteiger partial charge in [-0.3, -0.25) is 4.98 Å². The molecule has 0 aliphatic rings. The van der Waals surface area contributed by atoms with E-state index >= 15 is 0 Å². The van der Waals surface area contributed by atoms with E-state index in [1.165, 1.54) is 0 Å². The van der Waals surface area contributed by atoms with Crippen LogP contribution < -0.4 is 5.73 Å². The molecule has 0 saturated heterocycles. The lowest BCUT2D eigenvalue weighted by molar-refractivity contribution is 1.24. The monoisotopic (exact) mass is 134 g/mol. The minimum absolute atomic E-state index is 0.492. The fourth-order valence-corrected chi connectivity index (χ4v) is 0.690. The maximum atomic E-state index is 5.38. The molecule has 0 fully saturated rings. The van der Waals surface area contributed by atoms with Crippen molar-refractivity contribution in [2.75, 3.05) is 6.54 Å². The van der Waals surface area contributed by atoms with E-state index in [9.17, 15) is 0 Å². The van der Waals surface area contributed by atoms with Crippen LogP contribution in [0.2, 0.25) is 0 Å². The molecule has 0 saturated carbocycles. The van der Waals surface area contributed by atoms with Crippen molar-refractivity contribution in [3.05, 3.63) is 36.7 Å². The van der Waals surface area contributed by atoms with Crippen LogP contribution in [0.1, 0.15) is 5.56 Å². The van der Waals surface area contributed by atoms with E-state index in [1.807, 2.05) is 12.1 Å². The fourth-order valence-electron chi connectivity index (χ4n) is 0.690. The van der Waals surface area contributed by atoms with Crippen LogP contribution in [0.25, 0.3) is 5.57 Å². The van der Waals surface area contributed by atoms with E-state index in [0.29, 0.717) is 6.54 Å². The second-order valence-electron chi connectivity index (χ2n) is 2.05. The second-order valence-corrected chi connectivity index (χ2v) is 2.05. The van der Waals surface area contributed by atoms with Gasteiger partial charge >= 0.3 is 0 Å². The maximum absolute atomic E-state index is 5.38. The molecule has 2 N–H and O–H groups in total. The zero-order valence-electron chi connectivity index (χ0n) is 5.75. The minimum Gasteiger partial charge on any atom is -0.326 e. The van der Waals surface area contributed by atoms with Gasteiger partial charge in [0.25, 0.3) is 0 Å². The number of nitrogens with zero attached hydrogens (tertiary/aromatic N) is 1. The normalized spacial score (nSPS) is 9.30. The quantitative estimate of drug-likeness (QED) is 0.656. The zero-order chi connectivity index (χ0) is 7.40. The van der Waals surface area contributed by atoms with Gasteiger partial charge in [0.05, 0.1) is 0 Å². The van der Waals surface area contributed by atoms with Gasteiger partial charge in [0.1, 0.15) is 0 Å². The van der Waals surface area contributed by atoms with Crippen LogP contribution in [0, 0.1) is 0 Å². The Morgan fingerprint density at radius 1 is 1.70 bits per heavy atom. The van der Waals surface area contributed by atoms with Crippen molar-refractivity contribution in [1.29, 1.82) is 0 Å². The van der Waals surface area contributed by atoms with E-state index in [4.69, 9.17) is 5.73 Å². The van der Waals surface area contributed by atoms with Crippen LogP contribution in [-0.2, 0) is 0 Å². The average Bonchev–Trinajstić information content (AvgIpc) is 2.05. The summed E-state index contributed by atoms with van der Waals surface area (Å²) in [4.78, 5) is 3.94. The van der Waals surface area contributed by atoms with Gasteiger partial charge in [0, 0.05) is 18.9 Å². The van der Waals surface area contributed by atoms with Gasteiger partial charge in [0.2, 0.25) is 0 Å². The van der Waals surface area contributed by atoms with Crippen molar-refractivity contribution < 1.29 is 0 Å². The highest BCUT2D eigenvalue weighted by molar-refractivity contribution is 5.63. The molecule has 52 valence electrons. The number of hydrogen-bond acceptors (Lipinski definition) is 2. The lowest BCUT2D eigenvalue weighted by Crippen LogP contribution is -2.00. The first-order valence-corrected chi connectivity index (χ1v) is 3.13. The molecular weight excluding hydrogens is 124 g/mol. The highest BCUT2D eigenvalue weighted by atomic mass is 14.6. The topological polar surface area (TPSA) is 38.9 Å². The fraction of sp³-hybridized carbons (Fsp3) is 0.125. The molecule has 0 aromatic carbocycles. The van der Waals surface area contributed by atoms with Gasteiger partial charge in [-0.2, -0.15) is 0 Å². The summed E-state index contributed by atoms with van der Waals surface area (Å²) in [5.74, 6) is 0. The predicted molar refractivity (Wildman–Crippen MR) is 42.3 cm³/mol. The molecule has 1 heterocycles. The second kappa shape index (κ2) is 3.13. The lowest BCUT2D eigenvalue weighted by atomic mass is 10.1. The molecular formula is C8H10N2. The predicted octanol–water partition coefficient (Wildman–Crippen LogP) is 1.05. The molecule has 0 aliphatic carbocycles. The molecule has 2 heteroatoms. The molecule has 0 amide bonds. The van der Waals surface area contributed by atoms with E-state index < -0.39 is 0 Å². The summed E-state index contributed by atoms with van der Waals surface area (Å²) in [6.07, 6.45) is 3.49. The Balaban J connectivity index is 2.85. The Kier molecular flexibility index (Phi) is 2.18. The van der Waals surface area contributed by atoms with Crippen molar-refractivity contribution >= 4 is 5.57 Å². The summed E-state index contributed by atoms with van der Waals surface area (Å²) in [6.45, 7) is 4.27. The molecule has 0 aliphatic heterocycles. The van der Waals surface area contributed by atoms with Gasteiger partial charge in [0.15, 0.2) is 0 Å². The van der Waals surface area contributed by atoms with Gasteiger partial charge in [-0.05, 0) is 17.2 Å². The Morgan fingerprint density at radius 2 is 2.50 bits per heavy atom. The molecule has 1 aromatic heterocycles. The third-order valence-electron chi connectivity index (χ3n) is 1.32. The Morgan fingerprint density at radius 3 is 3.00 bits per heavy atom. The molecule has 0 radical (unpaired) electrons. The van der Waals surface area contributed by atoms with Crippen molar-refractivity contribution in [1.82, 2.24) is 4.98 Å². The van der Waals surface area contributed by atoms with Gasteiger partial charge in [-0.15, -0.1) is 0 Å². The van der Waals surface area contributed by atoms with E-state index in [2.05, 4.69) is 11.6 Å². The van der Waals surface area contributed by atoms with Gasteiger partial charge in [-0.25, -0.2) is 0 Å². The molecule has 2 nitrogen and oxygen atoms in total. The highest BCUT2D eigenvalue weighted by Gasteiger charge is 1.92. The third-order valence-corrected chi connectivity index (χ3v) is 1.32. The van der Waals surface area contributed by atoms with Crippen LogP contribution in [-0.4, -0.2) is 11.5 Å². The van der Waals surface area contributed by atoms with Gasteiger partial charge in [-0.1, -0.05) is 12.6 Å². The molecule has 1 aromatic rings. The highest BCUT2D eigenvalue weighted by Crippen LogP contribution is 2.06. The molecule has 10 heavy (non-hydrogen) atoms. The molecule has 1 rings (SSSR count). The summed E-state index contributed by atoms with van der Waals surface area (Å²) in [7, 11) is 0. The largest absolute Gasteiger partial charge is 0.326 e. The number of rotatable bonds is 2. The Bertz CT molecular complexity index is 216. The first kappa shape index (κ1) is 6.96. The van der Waals surface area contributed by atoms with Crippen molar-refractivity contribution in [2.45, 2.75) is 0 Å². The van der Waals surface area contributed by atoms with E-state index in [0.717, 1.165) is 11.1 Å². The molecule has 0 atom stereocenters. The Hall–Kier alpha value is -1.15. The standard InChI is InChI=1S/C8H10N2/c1-7(5-9)8-3-2-4-10-6-8/h2-4,6H,1,5,9H2. The van der Waals surface area contributed by atoms with Crippen LogP contribution in [0.4, 0.5) is 0 Å². The van der Waals surface area contributed by atoms with E-state index in [1.54, 1.807) is 12.4 Å². The summed E-state index contributed by atoms with van der Waals surface area (Å²) >= 11 is 0. The smallest absolute Gasteiger partial charge is 0.0343 e. The zero-order valence-corrected chi connectivity index (χ0v) is 5.75.